The van der Waals surface area contributed by atoms with Crippen molar-refractivity contribution in [3.63, 3.8) is 0 Å². The average Bonchev–Trinajstić information content (AvgIpc) is 2.59. The van der Waals surface area contributed by atoms with Crippen LogP contribution in [0.3, 0.4) is 0 Å². The molecule has 1 aromatic carbocycles. The first-order valence-corrected chi connectivity index (χ1v) is 4.97. The van der Waals surface area contributed by atoms with Gasteiger partial charge in [-0.05, 0) is 24.4 Å². The Morgan fingerprint density at radius 3 is 2.82 bits per heavy atom. The lowest BCUT2D eigenvalue weighted by Crippen LogP contribution is -1.95. The van der Waals surface area contributed by atoms with Gasteiger partial charge in [0, 0.05) is 7.05 Å². The average molecular weight is 254 g/mol. The summed E-state index contributed by atoms with van der Waals surface area (Å²) in [6.45, 7) is 0. The molecule has 8 heteroatoms. The molecule has 88 valence electrons. The van der Waals surface area contributed by atoms with Crippen molar-refractivity contribution in [1.82, 2.24) is 14.8 Å². The van der Waals surface area contributed by atoms with Crippen LogP contribution in [0.4, 0.5) is 10.1 Å². The fourth-order valence-corrected chi connectivity index (χ4v) is 1.52. The number of hydrogen-bond acceptors (Lipinski definition) is 4. The van der Waals surface area contributed by atoms with E-state index in [4.69, 9.17) is 12.2 Å². The minimum atomic E-state index is -0.671. The van der Waals surface area contributed by atoms with E-state index in [9.17, 15) is 14.5 Å². The Balaban J connectivity index is 2.66. The molecule has 0 radical (unpaired) electrons. The molecule has 0 aliphatic heterocycles. The van der Waals surface area contributed by atoms with Gasteiger partial charge in [0.15, 0.2) is 5.82 Å². The van der Waals surface area contributed by atoms with Gasteiger partial charge >= 0.3 is 0 Å². The third kappa shape index (κ3) is 2.07. The van der Waals surface area contributed by atoms with E-state index in [0.717, 1.165) is 12.1 Å². The van der Waals surface area contributed by atoms with Gasteiger partial charge in [0.2, 0.25) is 4.77 Å². The Morgan fingerprint density at radius 2 is 2.29 bits per heavy atom. The highest BCUT2D eigenvalue weighted by Gasteiger charge is 2.18. The van der Waals surface area contributed by atoms with E-state index >= 15 is 0 Å². The lowest BCUT2D eigenvalue weighted by molar-refractivity contribution is -0.384. The van der Waals surface area contributed by atoms with Gasteiger partial charge in [0.25, 0.3) is 5.69 Å². The molecule has 1 aromatic heterocycles. The van der Waals surface area contributed by atoms with Crippen LogP contribution in [-0.2, 0) is 7.05 Å². The summed E-state index contributed by atoms with van der Waals surface area (Å²) < 4.78 is 14.7. The summed E-state index contributed by atoms with van der Waals surface area (Å²) in [5.41, 5.74) is -0.155. The third-order valence-electron chi connectivity index (χ3n) is 2.18. The summed E-state index contributed by atoms with van der Waals surface area (Å²) in [4.78, 5) is 14.1. The Bertz CT molecular complexity index is 649. The van der Waals surface area contributed by atoms with Crippen LogP contribution in [0.5, 0.6) is 0 Å². The minimum absolute atomic E-state index is 0.197. The van der Waals surface area contributed by atoms with Crippen LogP contribution in [0.1, 0.15) is 0 Å². The van der Waals surface area contributed by atoms with E-state index in [1.165, 1.54) is 10.7 Å². The zero-order chi connectivity index (χ0) is 12.6. The maximum Gasteiger partial charge on any atom is 0.283 e. The molecule has 0 spiro atoms. The van der Waals surface area contributed by atoms with Crippen molar-refractivity contribution in [2.75, 3.05) is 0 Å². The summed E-state index contributed by atoms with van der Waals surface area (Å²) in [5, 5.41) is 13.6. The Hall–Kier alpha value is -2.09. The highest BCUT2D eigenvalue weighted by Crippen LogP contribution is 2.27. The number of nitro groups is 1. The number of H-pyrrole nitrogens is 1. The van der Waals surface area contributed by atoms with E-state index in [1.54, 1.807) is 7.05 Å². The molecular weight excluding hydrogens is 247 g/mol. The number of aryl methyl sites for hydroxylation is 1. The molecule has 0 fully saturated rings. The molecule has 0 atom stereocenters. The molecule has 0 bridgehead atoms. The lowest BCUT2D eigenvalue weighted by Gasteiger charge is -1.99. The molecule has 2 rings (SSSR count). The molecule has 1 heterocycles. The standard InChI is InChI=1S/C9H7FN4O2S/c1-13-9(17)11-8(12-13)6-3-2-5(10)4-7(6)14(15)16/h2-4H,1H3,(H,11,12,17). The van der Waals surface area contributed by atoms with Gasteiger partial charge in [-0.15, -0.1) is 0 Å². The molecule has 0 saturated carbocycles. The normalized spacial score (nSPS) is 10.5. The molecule has 0 amide bonds. The zero-order valence-electron chi connectivity index (χ0n) is 8.68. The number of halogens is 1. The summed E-state index contributed by atoms with van der Waals surface area (Å²) in [6, 6.07) is 3.27. The Morgan fingerprint density at radius 1 is 1.59 bits per heavy atom. The first-order valence-electron chi connectivity index (χ1n) is 4.56. The second-order valence-electron chi connectivity index (χ2n) is 3.33. The number of nitrogens with one attached hydrogen (secondary N) is 1. The van der Waals surface area contributed by atoms with Gasteiger partial charge in [0.1, 0.15) is 5.82 Å². The number of aromatic nitrogens is 3. The predicted octanol–water partition coefficient (Wildman–Crippen LogP) is 2.19. The molecule has 0 aliphatic carbocycles. The SMILES string of the molecule is Cn1[nH]c(-c2ccc(F)cc2[N+](=O)[O-])nc1=S. The van der Waals surface area contributed by atoms with Crippen molar-refractivity contribution in [2.24, 2.45) is 7.05 Å². The summed E-state index contributed by atoms with van der Waals surface area (Å²) in [7, 11) is 1.63. The molecule has 17 heavy (non-hydrogen) atoms. The zero-order valence-corrected chi connectivity index (χ0v) is 9.49. The van der Waals surface area contributed by atoms with Crippen LogP contribution in [-0.4, -0.2) is 19.7 Å². The third-order valence-corrected chi connectivity index (χ3v) is 2.54. The lowest BCUT2D eigenvalue weighted by atomic mass is 10.1. The predicted molar refractivity (Wildman–Crippen MR) is 60.4 cm³/mol. The monoisotopic (exact) mass is 254 g/mol. The Labute approximate surface area is 99.9 Å². The van der Waals surface area contributed by atoms with Crippen LogP contribution in [0.25, 0.3) is 11.4 Å². The molecule has 0 saturated heterocycles. The topological polar surface area (TPSA) is 76.8 Å². The quantitative estimate of drug-likeness (QED) is 0.506. The second kappa shape index (κ2) is 4.06. The van der Waals surface area contributed by atoms with Gasteiger partial charge in [0.05, 0.1) is 16.6 Å². The maximum atomic E-state index is 12.9. The number of rotatable bonds is 2. The van der Waals surface area contributed by atoms with E-state index < -0.39 is 10.7 Å². The van der Waals surface area contributed by atoms with E-state index in [1.807, 2.05) is 0 Å². The van der Waals surface area contributed by atoms with Crippen LogP contribution >= 0.6 is 12.2 Å². The van der Waals surface area contributed by atoms with Crippen molar-refractivity contribution in [1.29, 1.82) is 0 Å². The largest absolute Gasteiger partial charge is 0.283 e. The second-order valence-corrected chi connectivity index (χ2v) is 3.70. The summed E-state index contributed by atoms with van der Waals surface area (Å²) in [5.74, 6) is -0.431. The van der Waals surface area contributed by atoms with Crippen LogP contribution in [0.15, 0.2) is 18.2 Å². The van der Waals surface area contributed by atoms with E-state index in [0.29, 0.717) is 0 Å². The fourth-order valence-electron chi connectivity index (χ4n) is 1.38. The molecule has 0 aliphatic rings. The number of hydrogen-bond donors (Lipinski definition) is 1. The Kier molecular flexibility index (Phi) is 2.72. The molecular formula is C9H7FN4O2S. The number of benzene rings is 1. The minimum Gasteiger partial charge on any atom is -0.279 e. The van der Waals surface area contributed by atoms with E-state index in [2.05, 4.69) is 10.1 Å². The van der Waals surface area contributed by atoms with Gasteiger partial charge in [-0.3, -0.25) is 19.9 Å². The van der Waals surface area contributed by atoms with Crippen LogP contribution in [0.2, 0.25) is 0 Å². The summed E-state index contributed by atoms with van der Waals surface area (Å²) in [6.07, 6.45) is 0. The maximum absolute atomic E-state index is 12.9. The van der Waals surface area contributed by atoms with Gasteiger partial charge < -0.3 is 0 Å². The molecule has 6 nitrogen and oxygen atoms in total. The highest BCUT2D eigenvalue weighted by atomic mass is 32.1. The highest BCUT2D eigenvalue weighted by molar-refractivity contribution is 7.71. The smallest absolute Gasteiger partial charge is 0.279 e. The number of nitrogens with zero attached hydrogens (tertiary/aromatic N) is 3. The van der Waals surface area contributed by atoms with Gasteiger partial charge in [-0.25, -0.2) is 4.39 Å². The van der Waals surface area contributed by atoms with Crippen molar-refractivity contribution in [3.05, 3.63) is 38.9 Å². The van der Waals surface area contributed by atoms with Gasteiger partial charge in [-0.1, -0.05) is 0 Å². The van der Waals surface area contributed by atoms with Crippen LogP contribution in [0, 0.1) is 20.7 Å². The first kappa shape index (κ1) is 11.4. The molecule has 2 aromatic rings. The van der Waals surface area contributed by atoms with Crippen molar-refractivity contribution in [3.8, 4) is 11.4 Å². The van der Waals surface area contributed by atoms with E-state index in [-0.39, 0.29) is 21.8 Å². The first-order chi connectivity index (χ1) is 7.99. The van der Waals surface area contributed by atoms with Crippen molar-refractivity contribution >= 4 is 17.9 Å². The number of aromatic amines is 1. The van der Waals surface area contributed by atoms with Crippen LogP contribution < -0.4 is 0 Å². The van der Waals surface area contributed by atoms with Crippen molar-refractivity contribution < 1.29 is 9.31 Å². The summed E-state index contributed by atoms with van der Waals surface area (Å²) >= 11 is 4.89. The van der Waals surface area contributed by atoms with Gasteiger partial charge in [-0.2, -0.15) is 4.98 Å². The van der Waals surface area contributed by atoms with Crippen molar-refractivity contribution in [2.45, 2.75) is 0 Å². The number of nitro benzene ring substituents is 1. The fraction of sp³-hybridized carbons (Fsp3) is 0.111. The molecule has 0 unspecified atom stereocenters. The molecule has 1 N–H and O–H groups in total.